The molecule has 2 bridgehead atoms. The van der Waals surface area contributed by atoms with Gasteiger partial charge in [-0.1, -0.05) is 69.2 Å². The zero-order valence-electron chi connectivity index (χ0n) is 24.1. The highest BCUT2D eigenvalue weighted by atomic mass is 16.5. The summed E-state index contributed by atoms with van der Waals surface area (Å²) in [5.41, 5.74) is 1.26. The van der Waals surface area contributed by atoms with Crippen molar-refractivity contribution in [3.8, 4) is 5.75 Å². The number of benzene rings is 2. The Labute approximate surface area is 241 Å². The van der Waals surface area contributed by atoms with Crippen LogP contribution in [0.15, 0.2) is 60.7 Å². The molecule has 3 aliphatic heterocycles. The van der Waals surface area contributed by atoms with Crippen molar-refractivity contribution in [2.75, 3.05) is 12.4 Å². The highest BCUT2D eigenvalue weighted by molar-refractivity contribution is 6.02. The van der Waals surface area contributed by atoms with Gasteiger partial charge in [-0.3, -0.25) is 14.4 Å². The summed E-state index contributed by atoms with van der Waals surface area (Å²) >= 11 is 0. The van der Waals surface area contributed by atoms with E-state index in [0.29, 0.717) is 23.3 Å². The number of para-hydroxylation sites is 1. The highest BCUT2D eigenvalue weighted by Crippen LogP contribution is 2.55. The van der Waals surface area contributed by atoms with Gasteiger partial charge < -0.3 is 25.0 Å². The molecular weight excluding hydrogens is 518 g/mol. The Morgan fingerprint density at radius 3 is 2.68 bits per heavy atom. The van der Waals surface area contributed by atoms with Gasteiger partial charge in [0, 0.05) is 17.3 Å². The number of nitrogens with one attached hydrogen (secondary N) is 2. The molecule has 3 fully saturated rings. The second-order valence-electron chi connectivity index (χ2n) is 12.2. The lowest BCUT2D eigenvalue weighted by atomic mass is 9.73. The molecule has 0 aromatic heterocycles. The van der Waals surface area contributed by atoms with E-state index in [1.807, 2.05) is 67.6 Å². The zero-order valence-corrected chi connectivity index (χ0v) is 24.1. The Kier molecular flexibility index (Phi) is 7.14. The van der Waals surface area contributed by atoms with Gasteiger partial charge in [0.05, 0.1) is 31.6 Å². The minimum absolute atomic E-state index is 0.0212. The molecule has 8 atom stereocenters. The predicted molar refractivity (Wildman–Crippen MR) is 155 cm³/mol. The SMILES string of the molecule is COc1ccccc1CN1C(=O)[C@@H]2[C@H](C(=O)Nc3cccc(C)c3)[C@@H]3C=C[C@@]2(O3)[C@@H]1C(=O)N[C@@H]1CCC[C@@H](C)[C@@H]1C. The average molecular weight is 558 g/mol. The highest BCUT2D eigenvalue weighted by Gasteiger charge is 2.72. The lowest BCUT2D eigenvalue weighted by molar-refractivity contribution is -0.142. The summed E-state index contributed by atoms with van der Waals surface area (Å²) in [6.45, 7) is 6.55. The molecular formula is C33H39N3O5. The number of rotatable bonds is 7. The van der Waals surface area contributed by atoms with Crippen LogP contribution in [-0.2, 0) is 25.7 Å². The number of fused-ring (bicyclic) bond motifs is 1. The Hall–Kier alpha value is -3.65. The summed E-state index contributed by atoms with van der Waals surface area (Å²) in [5, 5.41) is 6.31. The molecule has 2 aromatic carbocycles. The van der Waals surface area contributed by atoms with Gasteiger partial charge >= 0.3 is 0 Å². The number of likely N-dealkylation sites (tertiary alicyclic amines) is 1. The standard InChI is InChI=1S/C33H39N3O5/c1-19-9-7-12-23(17-19)34-30(37)27-26-15-16-33(41-26)28(27)32(39)36(18-22-11-5-6-14-25(22)40-4)29(33)31(38)35-24-13-8-10-20(2)21(24)3/h5-7,9,11-12,14-17,20-21,24,26-29H,8,10,13,18H2,1-4H3,(H,34,37)(H,35,38)/t20-,21+,24-,26+,27-,28+,29+,33+/m1/s1. The second kappa shape index (κ2) is 10.6. The molecule has 1 spiro atoms. The smallest absolute Gasteiger partial charge is 0.246 e. The molecule has 3 heterocycles. The van der Waals surface area contributed by atoms with Crippen molar-refractivity contribution in [2.24, 2.45) is 23.7 Å². The van der Waals surface area contributed by atoms with E-state index in [1.54, 1.807) is 12.0 Å². The summed E-state index contributed by atoms with van der Waals surface area (Å²) in [7, 11) is 1.59. The Morgan fingerprint density at radius 2 is 1.90 bits per heavy atom. The van der Waals surface area contributed by atoms with Crippen molar-refractivity contribution in [3.05, 3.63) is 71.8 Å². The van der Waals surface area contributed by atoms with Crippen molar-refractivity contribution in [1.29, 1.82) is 0 Å². The normalized spacial score (nSPS) is 33.5. The molecule has 0 unspecified atom stereocenters. The number of amides is 3. The van der Waals surface area contributed by atoms with Crippen LogP contribution in [0, 0.1) is 30.6 Å². The number of methoxy groups -OCH3 is 1. The van der Waals surface area contributed by atoms with E-state index < -0.39 is 29.6 Å². The first-order valence-electron chi connectivity index (χ1n) is 14.7. The van der Waals surface area contributed by atoms with Gasteiger partial charge in [-0.2, -0.15) is 0 Å². The van der Waals surface area contributed by atoms with E-state index in [1.165, 1.54) is 0 Å². The number of hydrogen-bond donors (Lipinski definition) is 2. The quantitative estimate of drug-likeness (QED) is 0.497. The summed E-state index contributed by atoms with van der Waals surface area (Å²) in [6.07, 6.45) is 6.23. The zero-order chi connectivity index (χ0) is 28.9. The van der Waals surface area contributed by atoms with Gasteiger partial charge in [0.2, 0.25) is 17.7 Å². The maximum atomic E-state index is 14.3. The van der Waals surface area contributed by atoms with Gasteiger partial charge in [0.1, 0.15) is 17.4 Å². The van der Waals surface area contributed by atoms with Gasteiger partial charge in [0.15, 0.2) is 0 Å². The number of carbonyl (C=O) groups excluding carboxylic acids is 3. The molecule has 1 aliphatic carbocycles. The van der Waals surface area contributed by atoms with Crippen LogP contribution in [0.4, 0.5) is 5.69 Å². The minimum atomic E-state index is -1.22. The fourth-order valence-electron chi connectivity index (χ4n) is 7.45. The van der Waals surface area contributed by atoms with E-state index in [9.17, 15) is 14.4 Å². The van der Waals surface area contributed by atoms with Crippen LogP contribution in [0.2, 0.25) is 0 Å². The molecule has 3 amide bonds. The third-order valence-electron chi connectivity index (χ3n) is 9.78. The van der Waals surface area contributed by atoms with Gasteiger partial charge in [-0.25, -0.2) is 0 Å². The van der Waals surface area contributed by atoms with Gasteiger partial charge in [-0.05, 0) is 48.9 Å². The van der Waals surface area contributed by atoms with Crippen molar-refractivity contribution < 1.29 is 23.9 Å². The summed E-state index contributed by atoms with van der Waals surface area (Å²) < 4.78 is 12.1. The Morgan fingerprint density at radius 1 is 1.10 bits per heavy atom. The predicted octanol–water partition coefficient (Wildman–Crippen LogP) is 4.23. The minimum Gasteiger partial charge on any atom is -0.496 e. The fourth-order valence-corrected chi connectivity index (χ4v) is 7.45. The topological polar surface area (TPSA) is 97.0 Å². The lowest BCUT2D eigenvalue weighted by Gasteiger charge is -2.38. The summed E-state index contributed by atoms with van der Waals surface area (Å²) in [6, 6.07) is 14.2. The van der Waals surface area contributed by atoms with E-state index in [4.69, 9.17) is 9.47 Å². The first-order valence-corrected chi connectivity index (χ1v) is 14.7. The number of carbonyl (C=O) groups is 3. The van der Waals surface area contributed by atoms with Crippen LogP contribution in [0.1, 0.15) is 44.2 Å². The first-order chi connectivity index (χ1) is 19.7. The summed E-state index contributed by atoms with van der Waals surface area (Å²) in [4.78, 5) is 43.9. The van der Waals surface area contributed by atoms with E-state index in [0.717, 1.165) is 30.4 Å². The van der Waals surface area contributed by atoms with Crippen LogP contribution in [-0.4, -0.2) is 53.5 Å². The maximum absolute atomic E-state index is 14.3. The van der Waals surface area contributed by atoms with Crippen molar-refractivity contribution in [3.63, 3.8) is 0 Å². The fraction of sp³-hybridized carbons (Fsp3) is 0.485. The molecule has 2 N–H and O–H groups in total. The molecule has 216 valence electrons. The number of hydrogen-bond acceptors (Lipinski definition) is 5. The number of ether oxygens (including phenoxy) is 2. The molecule has 0 radical (unpaired) electrons. The van der Waals surface area contributed by atoms with Gasteiger partial charge in [0.25, 0.3) is 0 Å². The van der Waals surface area contributed by atoms with E-state index in [2.05, 4.69) is 24.5 Å². The van der Waals surface area contributed by atoms with Crippen molar-refractivity contribution in [2.45, 2.75) is 70.4 Å². The van der Waals surface area contributed by atoms with Crippen LogP contribution in [0.25, 0.3) is 0 Å². The Balaban J connectivity index is 1.35. The third-order valence-corrected chi connectivity index (χ3v) is 9.78. The second-order valence-corrected chi connectivity index (χ2v) is 12.2. The third kappa shape index (κ3) is 4.62. The van der Waals surface area contributed by atoms with Crippen LogP contribution < -0.4 is 15.4 Å². The molecule has 2 aromatic rings. The Bertz CT molecular complexity index is 1390. The lowest BCUT2D eigenvalue weighted by Crippen LogP contribution is -2.57. The van der Waals surface area contributed by atoms with E-state index in [-0.39, 0.29) is 30.3 Å². The summed E-state index contributed by atoms with van der Waals surface area (Å²) in [5.74, 6) is -0.858. The molecule has 41 heavy (non-hydrogen) atoms. The molecule has 6 rings (SSSR count). The van der Waals surface area contributed by atoms with Crippen LogP contribution >= 0.6 is 0 Å². The first kappa shape index (κ1) is 27.5. The maximum Gasteiger partial charge on any atom is 0.246 e. The van der Waals surface area contributed by atoms with Crippen LogP contribution in [0.5, 0.6) is 5.75 Å². The van der Waals surface area contributed by atoms with Crippen LogP contribution in [0.3, 0.4) is 0 Å². The molecule has 8 nitrogen and oxygen atoms in total. The average Bonchev–Trinajstić information content (AvgIpc) is 3.59. The number of nitrogens with zero attached hydrogens (tertiary/aromatic N) is 1. The van der Waals surface area contributed by atoms with E-state index >= 15 is 0 Å². The number of anilines is 1. The van der Waals surface area contributed by atoms with Gasteiger partial charge in [-0.15, -0.1) is 0 Å². The number of aryl methyl sites for hydroxylation is 1. The van der Waals surface area contributed by atoms with Crippen molar-refractivity contribution in [1.82, 2.24) is 10.2 Å². The van der Waals surface area contributed by atoms with Crippen molar-refractivity contribution >= 4 is 23.4 Å². The molecule has 4 aliphatic rings. The molecule has 2 saturated heterocycles. The molecule has 1 saturated carbocycles. The largest absolute Gasteiger partial charge is 0.496 e. The monoisotopic (exact) mass is 557 g/mol. The molecule has 8 heteroatoms.